The molecule has 0 spiro atoms. The molecule has 3 nitrogen and oxygen atoms in total. The third-order valence-corrected chi connectivity index (χ3v) is 8.22. The van der Waals surface area contributed by atoms with Crippen LogP contribution in [0.3, 0.4) is 0 Å². The molecule has 1 aliphatic heterocycles. The van der Waals surface area contributed by atoms with Gasteiger partial charge >= 0.3 is 7.12 Å². The number of benzene rings is 3. The third kappa shape index (κ3) is 3.97. The second kappa shape index (κ2) is 7.59. The zero-order chi connectivity index (χ0) is 23.6. The van der Waals surface area contributed by atoms with Crippen LogP contribution in [0.15, 0.2) is 60.7 Å². The number of fused-ring (bicyclic) bond motifs is 3. The summed E-state index contributed by atoms with van der Waals surface area (Å²) in [5, 5.41) is 6.18. The van der Waals surface area contributed by atoms with E-state index in [2.05, 4.69) is 114 Å². The molecule has 2 heterocycles. The molecule has 0 bridgehead atoms. The number of nitrogens with one attached hydrogen (secondary N) is 1. The molecule has 5 heteroatoms. The van der Waals surface area contributed by atoms with E-state index < -0.39 is 18.3 Å². The molecule has 0 amide bonds. The van der Waals surface area contributed by atoms with E-state index in [4.69, 9.17) is 9.31 Å². The first-order chi connectivity index (χ1) is 15.4. The maximum absolute atomic E-state index is 6.47. The van der Waals surface area contributed by atoms with Crippen molar-refractivity contribution in [3.63, 3.8) is 0 Å². The Kier molecular flexibility index (Phi) is 5.17. The minimum absolute atomic E-state index is 0.127. The lowest BCUT2D eigenvalue weighted by Gasteiger charge is -2.32. The van der Waals surface area contributed by atoms with Gasteiger partial charge in [-0.05, 0) is 62.9 Å². The molecule has 0 aliphatic carbocycles. The lowest BCUT2D eigenvalue weighted by Crippen LogP contribution is -2.41. The summed E-state index contributed by atoms with van der Waals surface area (Å²) in [6.07, 6.45) is 0. The summed E-state index contributed by atoms with van der Waals surface area (Å²) in [4.78, 5) is 0. The quantitative estimate of drug-likeness (QED) is 0.325. The molecule has 0 radical (unpaired) electrons. The maximum atomic E-state index is 6.47. The van der Waals surface area contributed by atoms with Gasteiger partial charge in [0.05, 0.1) is 11.2 Å². The Morgan fingerprint density at radius 1 is 0.788 bits per heavy atom. The van der Waals surface area contributed by atoms with Crippen LogP contribution >= 0.6 is 11.3 Å². The van der Waals surface area contributed by atoms with Gasteiger partial charge < -0.3 is 14.6 Å². The van der Waals surface area contributed by atoms with Gasteiger partial charge in [-0.2, -0.15) is 0 Å². The van der Waals surface area contributed by atoms with E-state index in [0.29, 0.717) is 0 Å². The fraction of sp³-hybridized carbons (Fsp3) is 0.357. The van der Waals surface area contributed by atoms with Crippen LogP contribution in [-0.2, 0) is 14.7 Å². The predicted molar refractivity (Wildman–Crippen MR) is 143 cm³/mol. The van der Waals surface area contributed by atoms with E-state index in [1.54, 1.807) is 0 Å². The van der Waals surface area contributed by atoms with E-state index in [9.17, 15) is 0 Å². The summed E-state index contributed by atoms with van der Waals surface area (Å²) in [7, 11) is -0.436. The third-order valence-electron chi connectivity index (χ3n) is 7.09. The van der Waals surface area contributed by atoms with Gasteiger partial charge in [-0.3, -0.25) is 0 Å². The van der Waals surface area contributed by atoms with E-state index in [-0.39, 0.29) is 5.41 Å². The average molecular weight is 457 g/mol. The Morgan fingerprint density at radius 3 is 2.06 bits per heavy atom. The van der Waals surface area contributed by atoms with Crippen LogP contribution in [0.5, 0.6) is 0 Å². The van der Waals surface area contributed by atoms with Gasteiger partial charge in [0, 0.05) is 37.0 Å². The summed E-state index contributed by atoms with van der Waals surface area (Å²) in [6, 6.07) is 21.8. The van der Waals surface area contributed by atoms with Crippen LogP contribution in [0.25, 0.3) is 20.2 Å². The van der Waals surface area contributed by atoms with Crippen molar-refractivity contribution in [2.75, 3.05) is 5.32 Å². The molecule has 4 aromatic rings. The zero-order valence-corrected chi connectivity index (χ0v) is 21.4. The highest BCUT2D eigenvalue weighted by molar-refractivity contribution is 7.25. The fourth-order valence-electron chi connectivity index (χ4n) is 4.27. The molecule has 1 saturated heterocycles. The predicted octanol–water partition coefficient (Wildman–Crippen LogP) is 7.39. The molecular weight excluding hydrogens is 425 g/mol. The molecule has 1 fully saturated rings. The monoisotopic (exact) mass is 457 g/mol. The molecule has 0 atom stereocenters. The first-order valence-corrected chi connectivity index (χ1v) is 12.4. The van der Waals surface area contributed by atoms with Gasteiger partial charge in [0.25, 0.3) is 0 Å². The SMILES string of the molecule is CC(C)(C)c1ccc(Nc2cc3sc4ccccc4c3cc2B2OC(C)(C)C(C)(C)O2)cc1. The molecule has 5 rings (SSSR count). The molecule has 1 N–H and O–H groups in total. The smallest absolute Gasteiger partial charge is 0.399 e. The van der Waals surface area contributed by atoms with Gasteiger partial charge in [0.2, 0.25) is 0 Å². The summed E-state index contributed by atoms with van der Waals surface area (Å²) >= 11 is 1.82. The lowest BCUT2D eigenvalue weighted by molar-refractivity contribution is 0.00578. The van der Waals surface area contributed by atoms with Gasteiger partial charge in [-0.25, -0.2) is 0 Å². The summed E-state index contributed by atoms with van der Waals surface area (Å²) < 4.78 is 15.5. The second-order valence-electron chi connectivity index (χ2n) is 11.1. The standard InChI is InChI=1S/C28H32BNO2S/c1-26(2,3)18-12-14-19(15-13-18)30-23-17-25-21(20-10-8-9-11-24(20)33-25)16-22(23)29-31-27(4,5)28(6,7)32-29/h8-17,30H,1-7H3. The highest BCUT2D eigenvalue weighted by atomic mass is 32.1. The Balaban J connectivity index is 1.62. The fourth-order valence-corrected chi connectivity index (χ4v) is 5.40. The molecule has 0 unspecified atom stereocenters. The van der Waals surface area contributed by atoms with Crippen molar-refractivity contribution in [1.82, 2.24) is 0 Å². The van der Waals surface area contributed by atoms with Crippen molar-refractivity contribution in [2.24, 2.45) is 0 Å². The normalized spacial score (nSPS) is 17.7. The van der Waals surface area contributed by atoms with Crippen LogP contribution in [0.4, 0.5) is 11.4 Å². The second-order valence-corrected chi connectivity index (χ2v) is 12.2. The van der Waals surface area contributed by atoms with Gasteiger partial charge in [0.1, 0.15) is 0 Å². The van der Waals surface area contributed by atoms with Crippen LogP contribution in [0, 0.1) is 0 Å². The van der Waals surface area contributed by atoms with E-state index in [0.717, 1.165) is 16.8 Å². The van der Waals surface area contributed by atoms with Crippen molar-refractivity contribution < 1.29 is 9.31 Å². The van der Waals surface area contributed by atoms with Gasteiger partial charge in [-0.15, -0.1) is 11.3 Å². The number of rotatable bonds is 3. The Bertz CT molecular complexity index is 1320. The van der Waals surface area contributed by atoms with Crippen LogP contribution in [0.1, 0.15) is 54.0 Å². The molecule has 3 aromatic carbocycles. The number of hydrogen-bond donors (Lipinski definition) is 1. The minimum Gasteiger partial charge on any atom is -0.399 e. The summed E-state index contributed by atoms with van der Waals surface area (Å²) in [5.41, 5.74) is 3.77. The Morgan fingerprint density at radius 2 is 1.42 bits per heavy atom. The van der Waals surface area contributed by atoms with Crippen LogP contribution < -0.4 is 10.8 Å². The number of anilines is 2. The number of hydrogen-bond acceptors (Lipinski definition) is 4. The van der Waals surface area contributed by atoms with E-state index in [1.165, 1.54) is 25.7 Å². The van der Waals surface area contributed by atoms with Crippen molar-refractivity contribution in [3.05, 3.63) is 66.2 Å². The molecular formula is C28H32BNO2S. The van der Waals surface area contributed by atoms with Crippen LogP contribution in [-0.4, -0.2) is 18.3 Å². The zero-order valence-electron chi connectivity index (χ0n) is 20.6. The first-order valence-electron chi connectivity index (χ1n) is 11.6. The van der Waals surface area contributed by atoms with Crippen molar-refractivity contribution in [2.45, 2.75) is 65.1 Å². The molecule has 33 heavy (non-hydrogen) atoms. The molecule has 1 aromatic heterocycles. The van der Waals surface area contributed by atoms with Crippen LogP contribution in [0.2, 0.25) is 0 Å². The molecule has 0 saturated carbocycles. The summed E-state index contributed by atoms with van der Waals surface area (Å²) in [6.45, 7) is 15.1. The maximum Gasteiger partial charge on any atom is 0.497 e. The minimum atomic E-state index is -0.436. The number of thiophene rings is 1. The van der Waals surface area contributed by atoms with Gasteiger partial charge in [-0.1, -0.05) is 57.2 Å². The highest BCUT2D eigenvalue weighted by Crippen LogP contribution is 2.40. The lowest BCUT2D eigenvalue weighted by atomic mass is 9.77. The van der Waals surface area contributed by atoms with Crippen molar-refractivity contribution in [3.8, 4) is 0 Å². The highest BCUT2D eigenvalue weighted by Gasteiger charge is 2.52. The first kappa shape index (κ1) is 22.5. The van der Waals surface area contributed by atoms with E-state index in [1.807, 2.05) is 11.3 Å². The molecule has 170 valence electrons. The van der Waals surface area contributed by atoms with Crippen molar-refractivity contribution >= 4 is 55.5 Å². The summed E-state index contributed by atoms with van der Waals surface area (Å²) in [5.74, 6) is 0. The largest absolute Gasteiger partial charge is 0.497 e. The van der Waals surface area contributed by atoms with Crippen molar-refractivity contribution in [1.29, 1.82) is 0 Å². The molecule has 1 aliphatic rings. The van der Waals surface area contributed by atoms with Gasteiger partial charge in [0.15, 0.2) is 0 Å². The van der Waals surface area contributed by atoms with E-state index >= 15 is 0 Å². The topological polar surface area (TPSA) is 30.5 Å². The Labute approximate surface area is 201 Å². The Hall–Kier alpha value is -2.34. The average Bonchev–Trinajstić information content (AvgIpc) is 3.19.